The third kappa shape index (κ3) is 27.7. The van der Waals surface area contributed by atoms with Gasteiger partial charge in [0.1, 0.15) is 11.5 Å². The lowest BCUT2D eigenvalue weighted by atomic mass is 10.1. The molecule has 0 bridgehead atoms. The number of hydrogen-bond donors (Lipinski definition) is 1. The average molecular weight is 741 g/mol. The number of alkyl halides is 1. The van der Waals surface area contributed by atoms with Gasteiger partial charge in [0.2, 0.25) is 0 Å². The van der Waals surface area contributed by atoms with E-state index in [4.69, 9.17) is 9.84 Å². The van der Waals surface area contributed by atoms with Gasteiger partial charge in [-0.25, -0.2) is 0 Å². The first-order valence-corrected chi connectivity index (χ1v) is 18.6. The SMILES string of the molecule is CCCCCCCCCCI.CCCCCCCCCCOc1ccc(CC(=O)OC)cc1.COC(=O)Cc1ccc(O)cc1. The Balaban J connectivity index is 0.000000710. The van der Waals surface area contributed by atoms with E-state index in [1.165, 1.54) is 127 Å². The lowest BCUT2D eigenvalue weighted by molar-refractivity contribution is -0.140. The van der Waals surface area contributed by atoms with E-state index in [-0.39, 0.29) is 24.1 Å². The average Bonchev–Trinajstić information content (AvgIpc) is 3.06. The molecule has 0 saturated carbocycles. The van der Waals surface area contributed by atoms with Gasteiger partial charge in [0.25, 0.3) is 0 Å². The van der Waals surface area contributed by atoms with E-state index in [0.717, 1.165) is 29.9 Å². The first-order chi connectivity index (χ1) is 21.9. The topological polar surface area (TPSA) is 82.1 Å². The number of esters is 2. The van der Waals surface area contributed by atoms with Gasteiger partial charge < -0.3 is 19.3 Å². The summed E-state index contributed by atoms with van der Waals surface area (Å²) in [5, 5.41) is 8.93. The van der Waals surface area contributed by atoms with Gasteiger partial charge >= 0.3 is 11.9 Å². The Morgan fingerprint density at radius 1 is 0.578 bits per heavy atom. The minimum Gasteiger partial charge on any atom is -0.508 e. The van der Waals surface area contributed by atoms with E-state index < -0.39 is 0 Å². The van der Waals surface area contributed by atoms with Gasteiger partial charge in [-0.15, -0.1) is 0 Å². The monoisotopic (exact) mass is 740 g/mol. The van der Waals surface area contributed by atoms with Crippen LogP contribution in [0.5, 0.6) is 11.5 Å². The second-order valence-electron chi connectivity index (χ2n) is 11.3. The highest BCUT2D eigenvalue weighted by Gasteiger charge is 2.03. The summed E-state index contributed by atoms with van der Waals surface area (Å²) < 4.78 is 16.2. The molecule has 0 aliphatic rings. The molecular weight excluding hydrogens is 679 g/mol. The first-order valence-electron chi connectivity index (χ1n) is 17.1. The number of carbonyl (C=O) groups is 2. The number of aromatic hydroxyl groups is 1. The number of rotatable bonds is 22. The summed E-state index contributed by atoms with van der Waals surface area (Å²) in [6, 6.07) is 14.1. The maximum Gasteiger partial charge on any atom is 0.309 e. The first kappa shape index (κ1) is 42.7. The molecule has 0 aliphatic carbocycles. The van der Waals surface area contributed by atoms with Crippen LogP contribution >= 0.6 is 22.6 Å². The molecule has 45 heavy (non-hydrogen) atoms. The van der Waals surface area contributed by atoms with Crippen LogP contribution in [0.25, 0.3) is 0 Å². The van der Waals surface area contributed by atoms with Gasteiger partial charge in [-0.2, -0.15) is 0 Å². The molecule has 0 radical (unpaired) electrons. The highest BCUT2D eigenvalue weighted by Crippen LogP contribution is 2.15. The molecule has 0 unspecified atom stereocenters. The Bertz CT molecular complexity index is 938. The van der Waals surface area contributed by atoms with E-state index in [1.54, 1.807) is 12.1 Å². The minimum absolute atomic E-state index is 0.198. The number of carbonyl (C=O) groups excluding carboxylic acids is 2. The van der Waals surface area contributed by atoms with Gasteiger partial charge in [0.05, 0.1) is 33.7 Å². The second kappa shape index (κ2) is 31.7. The van der Waals surface area contributed by atoms with Crippen molar-refractivity contribution < 1.29 is 28.9 Å². The van der Waals surface area contributed by atoms with Gasteiger partial charge in [-0.05, 0) is 52.7 Å². The molecule has 0 atom stereocenters. The molecule has 1 N–H and O–H groups in total. The van der Waals surface area contributed by atoms with Crippen molar-refractivity contribution in [3.05, 3.63) is 59.7 Å². The molecule has 0 amide bonds. The molecule has 6 nitrogen and oxygen atoms in total. The van der Waals surface area contributed by atoms with Crippen molar-refractivity contribution in [3.63, 3.8) is 0 Å². The number of methoxy groups -OCH3 is 2. The number of unbranched alkanes of at least 4 members (excludes halogenated alkanes) is 14. The van der Waals surface area contributed by atoms with Crippen LogP contribution in [0.3, 0.4) is 0 Å². The quantitative estimate of drug-likeness (QED) is 0.0560. The molecule has 0 saturated heterocycles. The maximum atomic E-state index is 11.2. The second-order valence-corrected chi connectivity index (χ2v) is 12.4. The van der Waals surface area contributed by atoms with E-state index >= 15 is 0 Å². The predicted octanol–water partition coefficient (Wildman–Crippen LogP) is 10.6. The van der Waals surface area contributed by atoms with Crippen molar-refractivity contribution in [1.29, 1.82) is 0 Å². The number of halogens is 1. The fraction of sp³-hybridized carbons (Fsp3) is 0.632. The van der Waals surface area contributed by atoms with E-state index in [9.17, 15) is 9.59 Å². The van der Waals surface area contributed by atoms with Gasteiger partial charge in [-0.1, -0.05) is 151 Å². The standard InChI is InChI=1S/C19H30O3.C10H21I.C9H10O3/c1-3-4-5-6-7-8-9-10-15-22-18-13-11-17(12-14-18)16-19(20)21-2;1-2-3-4-5-6-7-8-9-10-11;1-12-9(11)6-7-2-4-8(10)5-3-7/h11-14H,3-10,15-16H2,1-2H3;2-10H2,1H3;2-5,10H,6H2,1H3. The minimum atomic E-state index is -0.277. The van der Waals surface area contributed by atoms with Crippen LogP contribution in [0, 0.1) is 0 Å². The predicted molar refractivity (Wildman–Crippen MR) is 196 cm³/mol. The molecule has 256 valence electrons. The molecule has 0 aliphatic heterocycles. The van der Waals surface area contributed by atoms with Crippen molar-refractivity contribution in [2.24, 2.45) is 0 Å². The zero-order chi connectivity index (χ0) is 33.4. The Labute approximate surface area is 288 Å². The molecule has 0 heterocycles. The van der Waals surface area contributed by atoms with Crippen LogP contribution < -0.4 is 4.74 Å². The smallest absolute Gasteiger partial charge is 0.309 e. The summed E-state index contributed by atoms with van der Waals surface area (Å²) in [6.45, 7) is 5.29. The molecule has 0 spiro atoms. The third-order valence-corrected chi connectivity index (χ3v) is 8.03. The lowest BCUT2D eigenvalue weighted by Crippen LogP contribution is -2.04. The van der Waals surface area contributed by atoms with Crippen molar-refractivity contribution in [3.8, 4) is 11.5 Å². The summed E-state index contributed by atoms with van der Waals surface area (Å²) in [5.41, 5.74) is 1.78. The van der Waals surface area contributed by atoms with Crippen LogP contribution in [-0.4, -0.2) is 42.3 Å². The molecule has 2 aromatic rings. The molecule has 0 aromatic heterocycles. The largest absolute Gasteiger partial charge is 0.508 e. The van der Waals surface area contributed by atoms with Crippen LogP contribution in [0.2, 0.25) is 0 Å². The fourth-order valence-electron chi connectivity index (χ4n) is 4.45. The van der Waals surface area contributed by atoms with Gasteiger partial charge in [0.15, 0.2) is 0 Å². The molecule has 0 fully saturated rings. The van der Waals surface area contributed by atoms with Crippen molar-refractivity contribution in [2.75, 3.05) is 25.3 Å². The maximum absolute atomic E-state index is 11.2. The summed E-state index contributed by atoms with van der Waals surface area (Å²) in [4.78, 5) is 21.9. The number of ether oxygens (including phenoxy) is 3. The van der Waals surface area contributed by atoms with E-state index in [2.05, 4.69) is 45.9 Å². The van der Waals surface area contributed by atoms with Crippen LogP contribution in [-0.2, 0) is 31.9 Å². The van der Waals surface area contributed by atoms with Gasteiger partial charge in [0, 0.05) is 0 Å². The zero-order valence-corrected chi connectivity index (χ0v) is 30.8. The summed E-state index contributed by atoms with van der Waals surface area (Å²) in [7, 11) is 2.76. The molecule has 2 aromatic carbocycles. The van der Waals surface area contributed by atoms with Crippen molar-refractivity contribution in [1.82, 2.24) is 0 Å². The van der Waals surface area contributed by atoms with Crippen molar-refractivity contribution >= 4 is 34.5 Å². The van der Waals surface area contributed by atoms with E-state index in [1.807, 2.05) is 24.3 Å². The Hall–Kier alpha value is -2.29. The number of phenols is 1. The fourth-order valence-corrected chi connectivity index (χ4v) is 4.99. The third-order valence-electron chi connectivity index (χ3n) is 7.27. The van der Waals surface area contributed by atoms with E-state index in [0.29, 0.717) is 6.42 Å². The van der Waals surface area contributed by atoms with Crippen molar-refractivity contribution in [2.45, 2.75) is 129 Å². The van der Waals surface area contributed by atoms with Gasteiger partial charge in [-0.3, -0.25) is 9.59 Å². The number of phenolic OH excluding ortho intramolecular Hbond substituents is 1. The summed E-state index contributed by atoms with van der Waals surface area (Å²) in [6.07, 6.45) is 22.6. The Morgan fingerprint density at radius 3 is 1.36 bits per heavy atom. The van der Waals surface area contributed by atoms with Crippen LogP contribution in [0.15, 0.2) is 48.5 Å². The normalized spacial score (nSPS) is 10.2. The highest BCUT2D eigenvalue weighted by molar-refractivity contribution is 14.1. The molecular formula is C38H61IO6. The summed E-state index contributed by atoms with van der Waals surface area (Å²) in [5.74, 6) is 0.577. The lowest BCUT2D eigenvalue weighted by Gasteiger charge is -2.07. The highest BCUT2D eigenvalue weighted by atomic mass is 127. The van der Waals surface area contributed by atoms with Crippen LogP contribution in [0.1, 0.15) is 128 Å². The number of benzene rings is 2. The molecule has 2 rings (SSSR count). The Morgan fingerprint density at radius 2 is 0.956 bits per heavy atom. The number of hydrogen-bond acceptors (Lipinski definition) is 6. The summed E-state index contributed by atoms with van der Waals surface area (Å²) >= 11 is 2.46. The zero-order valence-electron chi connectivity index (χ0n) is 28.6. The Kier molecular flexibility index (Phi) is 30.1. The molecule has 7 heteroatoms. The van der Waals surface area contributed by atoms with Crippen LogP contribution in [0.4, 0.5) is 0 Å².